The predicted octanol–water partition coefficient (Wildman–Crippen LogP) is 2.44. The minimum absolute atomic E-state index is 0.0438. The molecular weight excluding hydrogens is 466 g/mol. The number of benzene rings is 2. The smallest absolute Gasteiger partial charge is 0.240 e. The van der Waals surface area contributed by atoms with Gasteiger partial charge in [-0.05, 0) is 43.2 Å². The molecule has 1 aliphatic rings. The van der Waals surface area contributed by atoms with Crippen molar-refractivity contribution in [2.45, 2.75) is 24.2 Å². The molecule has 2 aromatic carbocycles. The maximum atomic E-state index is 12.5. The molecule has 1 fully saturated rings. The zero-order valence-corrected chi connectivity index (χ0v) is 19.8. The number of hydrogen-bond acceptors (Lipinski definition) is 5. The molecule has 1 saturated heterocycles. The summed E-state index contributed by atoms with van der Waals surface area (Å²) in [6.45, 7) is 1.45. The molecule has 1 aliphatic heterocycles. The van der Waals surface area contributed by atoms with Crippen LogP contribution in [0, 0.1) is 5.92 Å². The van der Waals surface area contributed by atoms with Crippen LogP contribution >= 0.6 is 11.6 Å². The Morgan fingerprint density at radius 2 is 1.88 bits per heavy atom. The van der Waals surface area contributed by atoms with Crippen LogP contribution in [-0.2, 0) is 19.6 Å². The van der Waals surface area contributed by atoms with Gasteiger partial charge in [-0.2, -0.15) is 0 Å². The number of amides is 2. The Labute approximate surface area is 199 Å². The first-order chi connectivity index (χ1) is 15.8. The lowest BCUT2D eigenvalue weighted by Gasteiger charge is -2.32. The van der Waals surface area contributed by atoms with Gasteiger partial charge in [0, 0.05) is 31.2 Å². The average Bonchev–Trinajstić information content (AvgIpc) is 2.82. The lowest BCUT2D eigenvalue weighted by Crippen LogP contribution is -2.46. The van der Waals surface area contributed by atoms with Gasteiger partial charge in [0.25, 0.3) is 0 Å². The minimum atomic E-state index is -3.71. The molecular formula is C23H28ClN3O5S. The summed E-state index contributed by atoms with van der Waals surface area (Å²) in [5.41, 5.74) is 0. The average molecular weight is 494 g/mol. The van der Waals surface area contributed by atoms with Crippen LogP contribution < -0.4 is 14.8 Å². The first kappa shape index (κ1) is 25.0. The Morgan fingerprint density at radius 1 is 1.09 bits per heavy atom. The van der Waals surface area contributed by atoms with Gasteiger partial charge in [0.15, 0.2) is 0 Å². The van der Waals surface area contributed by atoms with Gasteiger partial charge in [-0.15, -0.1) is 0 Å². The molecule has 2 aromatic rings. The van der Waals surface area contributed by atoms with E-state index >= 15 is 0 Å². The van der Waals surface area contributed by atoms with Crippen LogP contribution in [0.3, 0.4) is 0 Å². The van der Waals surface area contributed by atoms with E-state index in [2.05, 4.69) is 10.0 Å². The molecule has 33 heavy (non-hydrogen) atoms. The van der Waals surface area contributed by atoms with Crippen LogP contribution in [0.4, 0.5) is 0 Å². The number of likely N-dealkylation sites (tertiary alicyclic amines) is 1. The molecule has 0 aliphatic carbocycles. The number of para-hydroxylation sites is 1. The lowest BCUT2D eigenvalue weighted by molar-refractivity contribution is -0.136. The van der Waals surface area contributed by atoms with Crippen molar-refractivity contribution in [2.75, 3.05) is 32.8 Å². The van der Waals surface area contributed by atoms with Crippen LogP contribution in [0.1, 0.15) is 19.3 Å². The van der Waals surface area contributed by atoms with Gasteiger partial charge in [-0.1, -0.05) is 35.9 Å². The zero-order valence-electron chi connectivity index (χ0n) is 18.2. The summed E-state index contributed by atoms with van der Waals surface area (Å²) in [6.07, 6.45) is 1.67. The van der Waals surface area contributed by atoms with Gasteiger partial charge in [0.1, 0.15) is 5.75 Å². The number of carbonyl (C=O) groups is 2. The van der Waals surface area contributed by atoms with Crippen molar-refractivity contribution in [3.63, 3.8) is 0 Å². The van der Waals surface area contributed by atoms with E-state index in [1.54, 1.807) is 17.0 Å². The third-order valence-electron chi connectivity index (χ3n) is 5.30. The fraction of sp³-hybridized carbons (Fsp3) is 0.391. The Morgan fingerprint density at radius 3 is 2.64 bits per heavy atom. The second kappa shape index (κ2) is 12.0. The molecule has 1 unspecified atom stereocenters. The maximum absolute atomic E-state index is 12.5. The molecule has 0 bridgehead atoms. The highest BCUT2D eigenvalue weighted by Crippen LogP contribution is 2.18. The summed E-state index contributed by atoms with van der Waals surface area (Å²) >= 11 is 5.85. The van der Waals surface area contributed by atoms with Crippen molar-refractivity contribution in [2.24, 2.45) is 5.92 Å². The Kier molecular flexibility index (Phi) is 9.11. The number of nitrogens with zero attached hydrogens (tertiary/aromatic N) is 1. The highest BCUT2D eigenvalue weighted by atomic mass is 35.5. The van der Waals surface area contributed by atoms with E-state index in [1.807, 2.05) is 30.3 Å². The number of ether oxygens (including phenoxy) is 1. The highest BCUT2D eigenvalue weighted by molar-refractivity contribution is 7.89. The van der Waals surface area contributed by atoms with Crippen LogP contribution in [0.2, 0.25) is 5.02 Å². The molecule has 2 amide bonds. The maximum Gasteiger partial charge on any atom is 0.240 e. The molecule has 0 aromatic heterocycles. The fourth-order valence-corrected chi connectivity index (χ4v) is 4.91. The largest absolute Gasteiger partial charge is 0.493 e. The number of carbonyl (C=O) groups excluding carboxylic acids is 2. The summed E-state index contributed by atoms with van der Waals surface area (Å²) < 4.78 is 32.6. The van der Waals surface area contributed by atoms with Gasteiger partial charge in [-0.3, -0.25) is 9.59 Å². The van der Waals surface area contributed by atoms with Crippen molar-refractivity contribution in [3.05, 3.63) is 59.6 Å². The van der Waals surface area contributed by atoms with E-state index < -0.39 is 10.0 Å². The van der Waals surface area contributed by atoms with E-state index in [9.17, 15) is 18.0 Å². The fourth-order valence-electron chi connectivity index (χ4n) is 3.58. The van der Waals surface area contributed by atoms with Gasteiger partial charge in [-0.25, -0.2) is 13.1 Å². The monoisotopic (exact) mass is 493 g/mol. The first-order valence-electron chi connectivity index (χ1n) is 10.8. The van der Waals surface area contributed by atoms with Crippen molar-refractivity contribution in [3.8, 4) is 5.75 Å². The van der Waals surface area contributed by atoms with E-state index in [0.717, 1.165) is 6.42 Å². The molecule has 3 rings (SSSR count). The SMILES string of the molecule is O=C(NCCNS(=O)(=O)c1cccc(Cl)c1)C1CCCN(C(=O)CCOc2ccccc2)C1. The number of rotatable bonds is 10. The third kappa shape index (κ3) is 7.73. The van der Waals surface area contributed by atoms with Crippen molar-refractivity contribution in [1.29, 1.82) is 0 Å². The van der Waals surface area contributed by atoms with Crippen LogP contribution in [-0.4, -0.2) is 57.9 Å². The number of piperidine rings is 1. The summed E-state index contributed by atoms with van der Waals surface area (Å²) in [6, 6.07) is 15.3. The second-order valence-electron chi connectivity index (χ2n) is 7.74. The second-order valence-corrected chi connectivity index (χ2v) is 9.94. The normalized spacial score (nSPS) is 16.3. The zero-order chi connectivity index (χ0) is 23.7. The molecule has 0 radical (unpaired) electrons. The number of nitrogens with one attached hydrogen (secondary N) is 2. The van der Waals surface area contributed by atoms with Gasteiger partial charge < -0.3 is 15.0 Å². The van der Waals surface area contributed by atoms with Crippen LogP contribution in [0.5, 0.6) is 5.75 Å². The van der Waals surface area contributed by atoms with Gasteiger partial charge in [0.05, 0.1) is 23.8 Å². The van der Waals surface area contributed by atoms with Crippen molar-refractivity contribution in [1.82, 2.24) is 14.9 Å². The number of hydrogen-bond donors (Lipinski definition) is 2. The molecule has 1 heterocycles. The highest BCUT2D eigenvalue weighted by Gasteiger charge is 2.28. The Bertz CT molecular complexity index is 1050. The minimum Gasteiger partial charge on any atom is -0.493 e. The third-order valence-corrected chi connectivity index (χ3v) is 6.99. The number of sulfonamides is 1. The first-order valence-corrected chi connectivity index (χ1v) is 12.7. The summed E-state index contributed by atoms with van der Waals surface area (Å²) in [4.78, 5) is 26.8. The summed E-state index contributed by atoms with van der Waals surface area (Å²) in [5, 5.41) is 3.09. The lowest BCUT2D eigenvalue weighted by atomic mass is 9.97. The molecule has 0 spiro atoms. The van der Waals surface area contributed by atoms with Crippen molar-refractivity contribution >= 4 is 33.4 Å². The van der Waals surface area contributed by atoms with E-state index in [1.165, 1.54) is 12.1 Å². The number of halogens is 1. The molecule has 8 nitrogen and oxygen atoms in total. The van der Waals surface area contributed by atoms with E-state index in [-0.39, 0.29) is 48.7 Å². The van der Waals surface area contributed by atoms with Gasteiger partial charge >= 0.3 is 0 Å². The Balaban J connectivity index is 1.38. The summed E-state index contributed by atoms with van der Waals surface area (Å²) in [5.74, 6) is 0.169. The summed E-state index contributed by atoms with van der Waals surface area (Å²) in [7, 11) is -3.71. The molecule has 178 valence electrons. The predicted molar refractivity (Wildman–Crippen MR) is 126 cm³/mol. The van der Waals surface area contributed by atoms with E-state index in [0.29, 0.717) is 30.3 Å². The molecule has 10 heteroatoms. The van der Waals surface area contributed by atoms with Crippen molar-refractivity contribution < 1.29 is 22.7 Å². The van der Waals surface area contributed by atoms with Crippen LogP contribution in [0.25, 0.3) is 0 Å². The Hall–Kier alpha value is -2.62. The molecule has 1 atom stereocenters. The van der Waals surface area contributed by atoms with Gasteiger partial charge in [0.2, 0.25) is 21.8 Å². The topological polar surface area (TPSA) is 105 Å². The standard InChI is InChI=1S/C23H28ClN3O5S/c24-19-7-4-10-21(16-19)33(30,31)26-13-12-25-23(29)18-6-5-14-27(17-18)22(28)11-15-32-20-8-2-1-3-9-20/h1-4,7-10,16,18,26H,5-6,11-15,17H2,(H,25,29). The van der Waals surface area contributed by atoms with E-state index in [4.69, 9.17) is 16.3 Å². The quantitative estimate of drug-likeness (QED) is 0.495. The molecule has 0 saturated carbocycles. The van der Waals surface area contributed by atoms with Crippen LogP contribution in [0.15, 0.2) is 59.5 Å². The molecule has 2 N–H and O–H groups in total.